The molecule has 0 spiro atoms. The van der Waals surface area contributed by atoms with Crippen molar-refractivity contribution >= 4 is 39.8 Å². The van der Waals surface area contributed by atoms with Gasteiger partial charge >= 0.3 is 0 Å². The van der Waals surface area contributed by atoms with E-state index in [4.69, 9.17) is 0 Å². The molecule has 1 aromatic carbocycles. The van der Waals surface area contributed by atoms with E-state index in [1.165, 1.54) is 16.4 Å². The van der Waals surface area contributed by atoms with E-state index in [1.807, 2.05) is 25.3 Å². The van der Waals surface area contributed by atoms with Crippen molar-refractivity contribution in [3.8, 4) is 0 Å². The average Bonchev–Trinajstić information content (AvgIpc) is 2.70. The van der Waals surface area contributed by atoms with Crippen LogP contribution >= 0.6 is 23.3 Å². The Kier molecular flexibility index (Phi) is 4.04. The Balaban J connectivity index is 2.31. The number of nitrogens with zero attached hydrogens (tertiary/aromatic N) is 1. The van der Waals surface area contributed by atoms with Crippen LogP contribution in [0.5, 0.6) is 0 Å². The number of carbonyl (C=O) groups excluding carboxylic acids is 1. The highest BCUT2D eigenvalue weighted by atomic mass is 32.2. The van der Waals surface area contributed by atoms with E-state index >= 15 is 0 Å². The molecule has 0 aliphatic heterocycles. The van der Waals surface area contributed by atoms with Crippen LogP contribution in [0, 0.1) is 6.92 Å². The van der Waals surface area contributed by atoms with Gasteiger partial charge in [0.1, 0.15) is 5.00 Å². The lowest BCUT2D eigenvalue weighted by molar-refractivity contribution is 0.101. The summed E-state index contributed by atoms with van der Waals surface area (Å²) in [6.07, 6.45) is 2.04. The number of aromatic nitrogens is 1. The molecule has 0 radical (unpaired) electrons. The minimum absolute atomic E-state index is 0.0461. The van der Waals surface area contributed by atoms with Crippen LogP contribution in [-0.2, 0) is 0 Å². The third kappa shape index (κ3) is 2.73. The minimum atomic E-state index is 0.0461. The van der Waals surface area contributed by atoms with E-state index in [-0.39, 0.29) is 5.78 Å². The first-order valence-corrected chi connectivity index (χ1v) is 7.50. The zero-order valence-corrected chi connectivity index (χ0v) is 12.1. The summed E-state index contributed by atoms with van der Waals surface area (Å²) in [4.78, 5) is 12.8. The van der Waals surface area contributed by atoms with Crippen LogP contribution in [0.3, 0.4) is 0 Å². The normalized spacial score (nSPS) is 10.4. The number of thioether (sulfide) groups is 1. The lowest BCUT2D eigenvalue weighted by Gasteiger charge is -2.06. The number of ketones is 1. The standard InChI is InChI=1S/C13H14N2OS2/c1-8-12(9(2)16)13(18-15-8)14-10-5-4-6-11(7-10)17-3/h4-7,14H,1-3H3. The van der Waals surface area contributed by atoms with Crippen molar-refractivity contribution in [2.45, 2.75) is 18.7 Å². The number of rotatable bonds is 4. The summed E-state index contributed by atoms with van der Waals surface area (Å²) in [6.45, 7) is 3.43. The summed E-state index contributed by atoms with van der Waals surface area (Å²) in [5.41, 5.74) is 2.46. The molecule has 94 valence electrons. The Labute approximate surface area is 115 Å². The lowest BCUT2D eigenvalue weighted by Crippen LogP contribution is -1.98. The maximum atomic E-state index is 11.6. The molecule has 0 aliphatic carbocycles. The van der Waals surface area contributed by atoms with E-state index in [0.717, 1.165) is 16.4 Å². The predicted octanol–water partition coefficient (Wildman–Crippen LogP) is 4.12. The van der Waals surface area contributed by atoms with E-state index in [0.29, 0.717) is 5.56 Å². The molecule has 3 nitrogen and oxygen atoms in total. The molecular formula is C13H14N2OS2. The molecule has 0 bridgehead atoms. The number of carbonyl (C=O) groups is 1. The van der Waals surface area contributed by atoms with Crippen molar-refractivity contribution in [3.63, 3.8) is 0 Å². The van der Waals surface area contributed by atoms with Gasteiger partial charge in [-0.15, -0.1) is 11.8 Å². The van der Waals surface area contributed by atoms with Crippen LogP contribution in [-0.4, -0.2) is 16.4 Å². The summed E-state index contributed by atoms with van der Waals surface area (Å²) in [5.74, 6) is 0.0461. The van der Waals surface area contributed by atoms with Crippen LogP contribution < -0.4 is 5.32 Å². The van der Waals surface area contributed by atoms with E-state index in [9.17, 15) is 4.79 Å². The van der Waals surface area contributed by atoms with E-state index < -0.39 is 0 Å². The summed E-state index contributed by atoms with van der Waals surface area (Å²) < 4.78 is 4.23. The highest BCUT2D eigenvalue weighted by Crippen LogP contribution is 2.29. The Bertz CT molecular complexity index is 578. The summed E-state index contributed by atoms with van der Waals surface area (Å²) in [7, 11) is 0. The predicted molar refractivity (Wildman–Crippen MR) is 78.4 cm³/mol. The van der Waals surface area contributed by atoms with Gasteiger partial charge in [-0.2, -0.15) is 4.37 Å². The molecular weight excluding hydrogens is 264 g/mol. The molecule has 1 heterocycles. The molecule has 2 aromatic rings. The average molecular weight is 278 g/mol. The number of hydrogen-bond acceptors (Lipinski definition) is 5. The molecule has 18 heavy (non-hydrogen) atoms. The van der Waals surface area contributed by atoms with Crippen molar-refractivity contribution in [3.05, 3.63) is 35.5 Å². The van der Waals surface area contributed by atoms with Gasteiger partial charge in [-0.05, 0) is 49.8 Å². The molecule has 0 fully saturated rings. The molecule has 0 saturated heterocycles. The van der Waals surface area contributed by atoms with Crippen molar-refractivity contribution < 1.29 is 4.79 Å². The second kappa shape index (κ2) is 5.54. The number of aryl methyl sites for hydroxylation is 1. The SMILES string of the molecule is CSc1cccc(Nc2snc(C)c2C(C)=O)c1. The first-order valence-electron chi connectivity index (χ1n) is 5.50. The van der Waals surface area contributed by atoms with Crippen molar-refractivity contribution in [1.82, 2.24) is 4.37 Å². The van der Waals surface area contributed by atoms with Gasteiger partial charge < -0.3 is 5.32 Å². The van der Waals surface area contributed by atoms with Gasteiger partial charge in [-0.3, -0.25) is 4.79 Å². The number of Topliss-reactive ketones (excluding diaryl/α,β-unsaturated/α-hetero) is 1. The zero-order chi connectivity index (χ0) is 13.1. The molecule has 0 amide bonds. The zero-order valence-electron chi connectivity index (χ0n) is 10.5. The van der Waals surface area contributed by atoms with Crippen LogP contribution in [0.1, 0.15) is 23.0 Å². The van der Waals surface area contributed by atoms with Gasteiger partial charge in [-0.1, -0.05) is 6.07 Å². The minimum Gasteiger partial charge on any atom is -0.345 e. The fraction of sp³-hybridized carbons (Fsp3) is 0.231. The van der Waals surface area contributed by atoms with Gasteiger partial charge in [0, 0.05) is 10.6 Å². The largest absolute Gasteiger partial charge is 0.345 e. The number of hydrogen-bond donors (Lipinski definition) is 1. The quantitative estimate of drug-likeness (QED) is 0.675. The molecule has 1 aromatic heterocycles. The van der Waals surface area contributed by atoms with Crippen LogP contribution in [0.4, 0.5) is 10.7 Å². The van der Waals surface area contributed by atoms with Crippen molar-refractivity contribution in [2.24, 2.45) is 0 Å². The second-order valence-electron chi connectivity index (χ2n) is 3.89. The van der Waals surface area contributed by atoms with Crippen molar-refractivity contribution in [1.29, 1.82) is 0 Å². The van der Waals surface area contributed by atoms with Crippen LogP contribution in [0.25, 0.3) is 0 Å². The third-order valence-corrected chi connectivity index (χ3v) is 4.12. The molecule has 2 rings (SSSR count). The highest BCUT2D eigenvalue weighted by molar-refractivity contribution is 7.98. The van der Waals surface area contributed by atoms with Crippen LogP contribution in [0.2, 0.25) is 0 Å². The molecule has 5 heteroatoms. The van der Waals surface area contributed by atoms with Gasteiger partial charge in [-0.25, -0.2) is 0 Å². The topological polar surface area (TPSA) is 42.0 Å². The maximum absolute atomic E-state index is 11.6. The van der Waals surface area contributed by atoms with E-state index in [1.54, 1.807) is 18.7 Å². The first kappa shape index (κ1) is 13.1. The molecule has 0 aliphatic rings. The summed E-state index contributed by atoms with van der Waals surface area (Å²) >= 11 is 3.01. The maximum Gasteiger partial charge on any atom is 0.164 e. The number of anilines is 2. The Morgan fingerprint density at radius 1 is 1.44 bits per heavy atom. The first-order chi connectivity index (χ1) is 8.61. The smallest absolute Gasteiger partial charge is 0.164 e. The Hall–Kier alpha value is -1.33. The van der Waals surface area contributed by atoms with Gasteiger partial charge in [0.15, 0.2) is 5.78 Å². The van der Waals surface area contributed by atoms with Crippen LogP contribution in [0.15, 0.2) is 29.2 Å². The van der Waals surface area contributed by atoms with Crippen molar-refractivity contribution in [2.75, 3.05) is 11.6 Å². The summed E-state index contributed by atoms with van der Waals surface area (Å²) in [5, 5.41) is 4.09. The lowest BCUT2D eigenvalue weighted by atomic mass is 10.2. The Morgan fingerprint density at radius 3 is 2.89 bits per heavy atom. The number of benzene rings is 1. The fourth-order valence-corrected chi connectivity index (χ4v) is 3.03. The molecule has 1 N–H and O–H groups in total. The molecule has 0 unspecified atom stereocenters. The van der Waals surface area contributed by atoms with E-state index in [2.05, 4.69) is 21.8 Å². The third-order valence-electron chi connectivity index (χ3n) is 2.54. The fourth-order valence-electron chi connectivity index (χ4n) is 1.70. The van der Waals surface area contributed by atoms with Gasteiger partial charge in [0.05, 0.1) is 11.3 Å². The highest BCUT2D eigenvalue weighted by Gasteiger charge is 2.14. The second-order valence-corrected chi connectivity index (χ2v) is 5.54. The van der Waals surface area contributed by atoms with Gasteiger partial charge in [0.2, 0.25) is 0 Å². The monoisotopic (exact) mass is 278 g/mol. The van der Waals surface area contributed by atoms with Gasteiger partial charge in [0.25, 0.3) is 0 Å². The summed E-state index contributed by atoms with van der Waals surface area (Å²) in [6, 6.07) is 8.09. The Morgan fingerprint density at radius 2 is 2.22 bits per heavy atom. The number of nitrogens with one attached hydrogen (secondary N) is 1. The molecule has 0 saturated carbocycles. The molecule has 0 atom stereocenters.